The zero-order valence-corrected chi connectivity index (χ0v) is 14.4. The molecule has 0 unspecified atom stereocenters. The van der Waals surface area contributed by atoms with Gasteiger partial charge in [0, 0.05) is 16.6 Å². The maximum Gasteiger partial charge on any atom is 0.261 e. The van der Waals surface area contributed by atoms with Gasteiger partial charge in [0.2, 0.25) is 0 Å². The minimum Gasteiger partial charge on any atom is -0.481 e. The first-order chi connectivity index (χ1) is 11.1. The lowest BCUT2D eigenvalue weighted by Crippen LogP contribution is -2.38. The van der Waals surface area contributed by atoms with Gasteiger partial charge in [0.15, 0.2) is 6.10 Å². The number of halogens is 2. The van der Waals surface area contributed by atoms with Crippen LogP contribution in [0.1, 0.15) is 18.9 Å². The van der Waals surface area contributed by atoms with E-state index in [4.69, 9.17) is 27.9 Å². The van der Waals surface area contributed by atoms with Gasteiger partial charge in [-0.15, -0.1) is 0 Å². The van der Waals surface area contributed by atoms with Gasteiger partial charge >= 0.3 is 0 Å². The van der Waals surface area contributed by atoms with Gasteiger partial charge in [-0.05, 0) is 48.7 Å². The van der Waals surface area contributed by atoms with Crippen molar-refractivity contribution in [2.45, 2.75) is 25.9 Å². The molecule has 0 saturated heterocycles. The SMILES string of the molecule is CC[C@@H](Oc1cccc(Cl)c1)C(=O)NCCc1ccc(Cl)cc1. The Morgan fingerprint density at radius 1 is 1.13 bits per heavy atom. The lowest BCUT2D eigenvalue weighted by Gasteiger charge is -2.17. The molecule has 0 aliphatic heterocycles. The van der Waals surface area contributed by atoms with Crippen LogP contribution in [0.5, 0.6) is 5.75 Å². The lowest BCUT2D eigenvalue weighted by atomic mass is 10.1. The summed E-state index contributed by atoms with van der Waals surface area (Å²) in [4.78, 5) is 12.2. The summed E-state index contributed by atoms with van der Waals surface area (Å²) in [5.41, 5.74) is 1.12. The van der Waals surface area contributed by atoms with E-state index < -0.39 is 6.10 Å². The summed E-state index contributed by atoms with van der Waals surface area (Å²) in [5.74, 6) is 0.471. The number of nitrogens with one attached hydrogen (secondary N) is 1. The fourth-order valence-corrected chi connectivity index (χ4v) is 2.43. The van der Waals surface area contributed by atoms with Gasteiger partial charge in [-0.25, -0.2) is 0 Å². The largest absolute Gasteiger partial charge is 0.481 e. The van der Waals surface area contributed by atoms with E-state index in [0.717, 1.165) is 12.0 Å². The van der Waals surface area contributed by atoms with Gasteiger partial charge in [-0.3, -0.25) is 4.79 Å². The summed E-state index contributed by atoms with van der Waals surface area (Å²) in [5, 5.41) is 4.19. The van der Waals surface area contributed by atoms with Crippen molar-refractivity contribution in [2.24, 2.45) is 0 Å². The van der Waals surface area contributed by atoms with E-state index in [1.54, 1.807) is 24.3 Å². The monoisotopic (exact) mass is 351 g/mol. The molecule has 0 saturated carbocycles. The van der Waals surface area contributed by atoms with Crippen LogP contribution >= 0.6 is 23.2 Å². The summed E-state index contributed by atoms with van der Waals surface area (Å²) in [6.07, 6.45) is 0.800. The average Bonchev–Trinajstić information content (AvgIpc) is 2.54. The second kappa shape index (κ2) is 8.80. The van der Waals surface area contributed by atoms with E-state index in [1.165, 1.54) is 0 Å². The van der Waals surface area contributed by atoms with Crippen molar-refractivity contribution in [3.63, 3.8) is 0 Å². The number of hydrogen-bond acceptors (Lipinski definition) is 2. The molecule has 23 heavy (non-hydrogen) atoms. The van der Waals surface area contributed by atoms with E-state index in [0.29, 0.717) is 28.8 Å². The summed E-state index contributed by atoms with van der Waals surface area (Å²) in [6, 6.07) is 14.6. The molecule has 122 valence electrons. The van der Waals surface area contributed by atoms with Gasteiger partial charge in [0.05, 0.1) is 0 Å². The van der Waals surface area contributed by atoms with Crippen molar-refractivity contribution in [3.8, 4) is 5.75 Å². The minimum atomic E-state index is -0.529. The second-order valence-electron chi connectivity index (χ2n) is 5.14. The number of ether oxygens (including phenoxy) is 1. The van der Waals surface area contributed by atoms with E-state index in [-0.39, 0.29) is 5.91 Å². The number of carbonyl (C=O) groups excluding carboxylic acids is 1. The molecule has 1 atom stereocenters. The summed E-state index contributed by atoms with van der Waals surface area (Å²) in [7, 11) is 0. The van der Waals surface area contributed by atoms with Crippen molar-refractivity contribution in [3.05, 3.63) is 64.1 Å². The highest BCUT2D eigenvalue weighted by molar-refractivity contribution is 6.30. The first-order valence-electron chi connectivity index (χ1n) is 7.53. The van der Waals surface area contributed by atoms with Crippen molar-refractivity contribution < 1.29 is 9.53 Å². The molecular formula is C18H19Cl2NO2. The van der Waals surface area contributed by atoms with Crippen LogP contribution in [0.25, 0.3) is 0 Å². The van der Waals surface area contributed by atoms with Gasteiger partial charge < -0.3 is 10.1 Å². The molecule has 0 radical (unpaired) electrons. The highest BCUT2D eigenvalue weighted by Crippen LogP contribution is 2.19. The molecule has 0 aromatic heterocycles. The summed E-state index contributed by atoms with van der Waals surface area (Å²) in [6.45, 7) is 2.46. The Bertz CT molecular complexity index is 644. The number of rotatable bonds is 7. The molecule has 0 fully saturated rings. The minimum absolute atomic E-state index is 0.124. The fourth-order valence-electron chi connectivity index (χ4n) is 2.12. The number of hydrogen-bond donors (Lipinski definition) is 1. The Morgan fingerprint density at radius 3 is 2.52 bits per heavy atom. The smallest absolute Gasteiger partial charge is 0.261 e. The molecule has 5 heteroatoms. The summed E-state index contributed by atoms with van der Waals surface area (Å²) < 4.78 is 5.71. The second-order valence-corrected chi connectivity index (χ2v) is 6.01. The fraction of sp³-hybridized carbons (Fsp3) is 0.278. The molecule has 0 aliphatic carbocycles. The average molecular weight is 352 g/mol. The predicted octanol–water partition coefficient (Wildman–Crippen LogP) is 4.51. The third-order valence-electron chi connectivity index (χ3n) is 3.36. The standard InChI is InChI=1S/C18H19Cl2NO2/c1-2-17(23-16-5-3-4-15(20)12-16)18(22)21-11-10-13-6-8-14(19)9-7-13/h3-9,12,17H,2,10-11H2,1H3,(H,21,22)/t17-/m1/s1. The van der Waals surface area contributed by atoms with Gasteiger partial charge in [-0.1, -0.05) is 48.3 Å². The van der Waals surface area contributed by atoms with Crippen LogP contribution in [-0.2, 0) is 11.2 Å². The topological polar surface area (TPSA) is 38.3 Å². The third kappa shape index (κ3) is 5.77. The van der Waals surface area contributed by atoms with Crippen molar-refractivity contribution >= 4 is 29.1 Å². The summed E-state index contributed by atoms with van der Waals surface area (Å²) >= 11 is 11.8. The molecule has 0 bridgehead atoms. The zero-order chi connectivity index (χ0) is 16.7. The van der Waals surface area contributed by atoms with Gasteiger partial charge in [-0.2, -0.15) is 0 Å². The van der Waals surface area contributed by atoms with E-state index in [2.05, 4.69) is 5.32 Å². The quantitative estimate of drug-likeness (QED) is 0.796. The lowest BCUT2D eigenvalue weighted by molar-refractivity contribution is -0.128. The number of benzene rings is 2. The Labute approximate surface area is 146 Å². The Kier molecular flexibility index (Phi) is 6.75. The van der Waals surface area contributed by atoms with E-state index >= 15 is 0 Å². The Morgan fingerprint density at radius 2 is 1.87 bits per heavy atom. The van der Waals surface area contributed by atoms with Crippen LogP contribution in [0, 0.1) is 0 Å². The molecule has 1 amide bonds. The molecule has 0 aliphatic rings. The molecule has 2 rings (SSSR count). The molecular weight excluding hydrogens is 333 g/mol. The van der Waals surface area contributed by atoms with E-state index in [1.807, 2.05) is 31.2 Å². The highest BCUT2D eigenvalue weighted by Gasteiger charge is 2.17. The van der Waals surface area contributed by atoms with Gasteiger partial charge in [0.1, 0.15) is 5.75 Å². The van der Waals surface area contributed by atoms with Crippen molar-refractivity contribution in [1.82, 2.24) is 5.32 Å². The molecule has 0 heterocycles. The normalized spacial score (nSPS) is 11.8. The van der Waals surface area contributed by atoms with Gasteiger partial charge in [0.25, 0.3) is 5.91 Å². The maximum atomic E-state index is 12.2. The van der Waals surface area contributed by atoms with Crippen LogP contribution in [0.2, 0.25) is 10.0 Å². The number of carbonyl (C=O) groups is 1. The van der Waals surface area contributed by atoms with Crippen LogP contribution in [0.4, 0.5) is 0 Å². The van der Waals surface area contributed by atoms with Crippen LogP contribution in [0.3, 0.4) is 0 Å². The highest BCUT2D eigenvalue weighted by atomic mass is 35.5. The molecule has 1 N–H and O–H groups in total. The first-order valence-corrected chi connectivity index (χ1v) is 8.28. The van der Waals surface area contributed by atoms with E-state index in [9.17, 15) is 4.79 Å². The molecule has 2 aromatic rings. The maximum absolute atomic E-state index is 12.2. The Balaban J connectivity index is 1.83. The van der Waals surface area contributed by atoms with Crippen LogP contribution < -0.4 is 10.1 Å². The number of amides is 1. The first kappa shape index (κ1) is 17.6. The van der Waals surface area contributed by atoms with Crippen molar-refractivity contribution in [1.29, 1.82) is 0 Å². The van der Waals surface area contributed by atoms with Crippen molar-refractivity contribution in [2.75, 3.05) is 6.54 Å². The predicted molar refractivity (Wildman–Crippen MR) is 94.3 cm³/mol. The zero-order valence-electron chi connectivity index (χ0n) is 12.9. The third-order valence-corrected chi connectivity index (χ3v) is 3.85. The molecule has 3 nitrogen and oxygen atoms in total. The molecule has 0 spiro atoms. The molecule has 2 aromatic carbocycles. The van der Waals surface area contributed by atoms with Crippen LogP contribution in [-0.4, -0.2) is 18.6 Å². The van der Waals surface area contributed by atoms with Crippen LogP contribution in [0.15, 0.2) is 48.5 Å². The Hall–Kier alpha value is -1.71.